The van der Waals surface area contributed by atoms with E-state index < -0.39 is 29.4 Å². The third-order valence-electron chi connectivity index (χ3n) is 3.61. The lowest BCUT2D eigenvalue weighted by molar-refractivity contribution is 0.00608. The number of anilines is 1. The zero-order valence-electron chi connectivity index (χ0n) is 18.0. The number of nitrogens with one attached hydrogen (secondary N) is 1. The number of hydrogen-bond donors (Lipinski definition) is 1. The van der Waals surface area contributed by atoms with Crippen molar-refractivity contribution >= 4 is 24.0 Å². The van der Waals surface area contributed by atoms with Crippen LogP contribution in [0.1, 0.15) is 70.8 Å². The Kier molecular flexibility index (Phi) is 6.44. The van der Waals surface area contributed by atoms with Crippen LogP contribution in [0.4, 0.5) is 15.5 Å². The van der Waals surface area contributed by atoms with E-state index in [1.54, 1.807) is 48.5 Å². The second-order valence-corrected chi connectivity index (χ2v) is 8.66. The normalized spacial score (nSPS) is 14.8. The molecule has 1 aromatic rings. The second-order valence-electron chi connectivity index (χ2n) is 8.66. The highest BCUT2D eigenvalue weighted by Gasteiger charge is 2.39. The van der Waals surface area contributed by atoms with Crippen LogP contribution in [0, 0.1) is 0 Å². The smallest absolute Gasteiger partial charge is 0.414 e. The topological polar surface area (TPSA) is 120 Å². The predicted octanol–water partition coefficient (Wildman–Crippen LogP) is 3.53. The van der Waals surface area contributed by atoms with Crippen molar-refractivity contribution < 1.29 is 33.0 Å². The van der Waals surface area contributed by atoms with E-state index in [-0.39, 0.29) is 30.0 Å². The molecule has 1 N–H and O–H groups in total. The third-order valence-corrected chi connectivity index (χ3v) is 3.61. The molecule has 10 heteroatoms. The van der Waals surface area contributed by atoms with Crippen molar-refractivity contribution in [2.45, 2.75) is 65.6 Å². The van der Waals surface area contributed by atoms with E-state index in [2.05, 4.69) is 10.3 Å². The van der Waals surface area contributed by atoms with E-state index in [9.17, 15) is 14.4 Å². The van der Waals surface area contributed by atoms with Crippen LogP contribution in [0.5, 0.6) is 0 Å². The van der Waals surface area contributed by atoms with Crippen LogP contribution in [0.2, 0.25) is 0 Å². The lowest BCUT2D eigenvalue weighted by Crippen LogP contribution is -2.50. The van der Waals surface area contributed by atoms with Crippen molar-refractivity contribution in [1.29, 1.82) is 0 Å². The molecule has 1 saturated heterocycles. The number of carbonyl (C=O) groups is 3. The summed E-state index contributed by atoms with van der Waals surface area (Å²) in [5.41, 5.74) is -1.46. The maximum absolute atomic E-state index is 12.2. The third kappa shape index (κ3) is 6.37. The predicted molar refractivity (Wildman–Crippen MR) is 103 cm³/mol. The van der Waals surface area contributed by atoms with Crippen molar-refractivity contribution in [1.82, 2.24) is 9.88 Å². The molecule has 0 spiro atoms. The second kappa shape index (κ2) is 8.30. The van der Waals surface area contributed by atoms with Crippen molar-refractivity contribution in [3.8, 4) is 0 Å². The molecular formula is C19H29N3O7. The van der Waals surface area contributed by atoms with Crippen molar-refractivity contribution in [3.63, 3.8) is 0 Å². The number of oxazole rings is 1. The van der Waals surface area contributed by atoms with Crippen LogP contribution >= 0.6 is 0 Å². The Bertz CT molecular complexity index is 768. The molecule has 0 saturated carbocycles. The van der Waals surface area contributed by atoms with Gasteiger partial charge in [-0.05, 0) is 48.5 Å². The Balaban J connectivity index is 2.11. The molecule has 0 radical (unpaired) electrons. The quantitative estimate of drug-likeness (QED) is 0.590. The molecule has 0 unspecified atom stereocenters. The maximum atomic E-state index is 12.2. The van der Waals surface area contributed by atoms with Gasteiger partial charge in [-0.1, -0.05) is 0 Å². The number of esters is 1. The maximum Gasteiger partial charge on any atom is 0.414 e. The molecular weight excluding hydrogens is 382 g/mol. The number of rotatable bonds is 4. The van der Waals surface area contributed by atoms with E-state index in [1.807, 2.05) is 0 Å². The molecule has 10 nitrogen and oxygen atoms in total. The Hall–Kier alpha value is -2.78. The summed E-state index contributed by atoms with van der Waals surface area (Å²) in [6.07, 6.45) is -1.22. The van der Waals surface area contributed by atoms with Gasteiger partial charge in [0.15, 0.2) is 0 Å². The van der Waals surface area contributed by atoms with Crippen LogP contribution in [0.25, 0.3) is 0 Å². The zero-order chi connectivity index (χ0) is 22.0. The minimum Gasteiger partial charge on any atom is -0.461 e. The van der Waals surface area contributed by atoms with Crippen LogP contribution in [0.3, 0.4) is 0 Å². The summed E-state index contributed by atoms with van der Waals surface area (Å²) in [6.45, 7) is 12.9. The van der Waals surface area contributed by atoms with Crippen molar-refractivity contribution in [2.24, 2.45) is 0 Å². The number of ether oxygens (including phenoxy) is 3. The van der Waals surface area contributed by atoms with Gasteiger partial charge in [0.25, 0.3) is 0 Å². The highest BCUT2D eigenvalue weighted by Crippen LogP contribution is 2.31. The summed E-state index contributed by atoms with van der Waals surface area (Å²) in [4.78, 5) is 42.0. The standard InChI is InChI=1S/C19H29N3O7/c1-8-26-15(23)12-14(21-16(24)28-18(2,3)4)27-13(20-12)11-9-22(10-11)17(25)29-19(5,6)7/h11H,8-10H2,1-7H3,(H,21,24). The van der Waals surface area contributed by atoms with Gasteiger partial charge in [-0.25, -0.2) is 19.4 Å². The fraction of sp³-hybridized carbons (Fsp3) is 0.684. The SMILES string of the molecule is CCOC(=O)c1nc(C2CN(C(=O)OC(C)(C)C)C2)oc1NC(=O)OC(C)(C)C. The van der Waals surface area contributed by atoms with E-state index in [0.29, 0.717) is 13.1 Å². The molecule has 1 aliphatic heterocycles. The Morgan fingerprint density at radius 1 is 1.10 bits per heavy atom. The Morgan fingerprint density at radius 3 is 2.21 bits per heavy atom. The van der Waals surface area contributed by atoms with Gasteiger partial charge in [-0.3, -0.25) is 5.32 Å². The highest BCUT2D eigenvalue weighted by molar-refractivity contribution is 5.96. The number of likely N-dealkylation sites (tertiary alicyclic amines) is 1. The van der Waals surface area contributed by atoms with E-state index in [0.717, 1.165) is 0 Å². The first-order chi connectivity index (χ1) is 13.3. The molecule has 1 fully saturated rings. The number of nitrogens with zero attached hydrogens (tertiary/aromatic N) is 2. The molecule has 0 aromatic carbocycles. The zero-order valence-corrected chi connectivity index (χ0v) is 18.0. The molecule has 2 heterocycles. The molecule has 162 valence electrons. The van der Waals surface area contributed by atoms with Crippen LogP contribution in [-0.4, -0.2) is 58.9 Å². The summed E-state index contributed by atoms with van der Waals surface area (Å²) < 4.78 is 21.1. The van der Waals surface area contributed by atoms with Gasteiger partial charge >= 0.3 is 18.2 Å². The minimum atomic E-state index is -0.783. The fourth-order valence-corrected chi connectivity index (χ4v) is 2.44. The number of amides is 2. The summed E-state index contributed by atoms with van der Waals surface area (Å²) in [7, 11) is 0. The first-order valence-corrected chi connectivity index (χ1v) is 9.45. The largest absolute Gasteiger partial charge is 0.461 e. The molecule has 0 atom stereocenters. The average molecular weight is 411 g/mol. The molecule has 2 amide bonds. The summed E-state index contributed by atoms with van der Waals surface area (Å²) in [5.74, 6) is -0.885. The minimum absolute atomic E-state index is 0.142. The van der Waals surface area contributed by atoms with Gasteiger partial charge in [-0.15, -0.1) is 0 Å². The molecule has 1 aromatic heterocycles. The van der Waals surface area contributed by atoms with E-state index in [1.165, 1.54) is 4.90 Å². The fourth-order valence-electron chi connectivity index (χ4n) is 2.44. The van der Waals surface area contributed by atoms with Crippen LogP contribution < -0.4 is 5.32 Å². The molecule has 29 heavy (non-hydrogen) atoms. The lowest BCUT2D eigenvalue weighted by atomic mass is 10.0. The van der Waals surface area contributed by atoms with Gasteiger partial charge in [-0.2, -0.15) is 0 Å². The number of aromatic nitrogens is 1. The first kappa shape index (κ1) is 22.5. The van der Waals surface area contributed by atoms with Crippen molar-refractivity contribution in [2.75, 3.05) is 25.0 Å². The summed E-state index contributed by atoms with van der Waals surface area (Å²) >= 11 is 0. The Labute approximate surface area is 169 Å². The van der Waals surface area contributed by atoms with Crippen molar-refractivity contribution in [3.05, 3.63) is 11.6 Å². The Morgan fingerprint density at radius 2 is 1.69 bits per heavy atom. The van der Waals surface area contributed by atoms with Crippen LogP contribution in [0.15, 0.2) is 4.42 Å². The highest BCUT2D eigenvalue weighted by atomic mass is 16.6. The monoisotopic (exact) mass is 411 g/mol. The van der Waals surface area contributed by atoms with Gasteiger partial charge in [0.2, 0.25) is 17.5 Å². The van der Waals surface area contributed by atoms with Gasteiger partial charge in [0.1, 0.15) is 11.2 Å². The van der Waals surface area contributed by atoms with Gasteiger partial charge < -0.3 is 23.5 Å². The summed E-state index contributed by atoms with van der Waals surface area (Å²) in [5, 5.41) is 2.40. The first-order valence-electron chi connectivity index (χ1n) is 9.45. The number of carbonyl (C=O) groups excluding carboxylic acids is 3. The van der Waals surface area contributed by atoms with Gasteiger partial charge in [0, 0.05) is 13.1 Å². The summed E-state index contributed by atoms with van der Waals surface area (Å²) in [6, 6.07) is 0. The molecule has 2 rings (SSSR count). The number of hydrogen-bond acceptors (Lipinski definition) is 8. The van der Waals surface area contributed by atoms with Gasteiger partial charge in [0.05, 0.1) is 12.5 Å². The lowest BCUT2D eigenvalue weighted by Gasteiger charge is -2.38. The van der Waals surface area contributed by atoms with E-state index >= 15 is 0 Å². The van der Waals surface area contributed by atoms with E-state index in [4.69, 9.17) is 18.6 Å². The molecule has 0 bridgehead atoms. The average Bonchev–Trinajstić information content (AvgIpc) is 2.85. The van der Waals surface area contributed by atoms with Crippen LogP contribution in [-0.2, 0) is 14.2 Å². The molecule has 0 aliphatic carbocycles. The molecule has 1 aliphatic rings.